The molecular formula is C27H22FN5S. The first-order valence-electron chi connectivity index (χ1n) is 10.8. The van der Waals surface area contributed by atoms with Gasteiger partial charge in [0.25, 0.3) is 0 Å². The highest BCUT2D eigenvalue weighted by Gasteiger charge is 2.13. The zero-order valence-corrected chi connectivity index (χ0v) is 19.3. The maximum absolute atomic E-state index is 14.5. The molecule has 0 bridgehead atoms. The summed E-state index contributed by atoms with van der Waals surface area (Å²) in [6, 6.07) is 24.7. The van der Waals surface area contributed by atoms with Crippen LogP contribution in [0.2, 0.25) is 0 Å². The number of aromatic nitrogens is 3. The summed E-state index contributed by atoms with van der Waals surface area (Å²) in [5, 5.41) is 7.66. The number of benzene rings is 3. The lowest BCUT2D eigenvalue weighted by atomic mass is 10.1. The highest BCUT2D eigenvalue weighted by Crippen LogP contribution is 2.30. The Kier molecular flexibility index (Phi) is 6.35. The van der Waals surface area contributed by atoms with Crippen molar-refractivity contribution in [1.82, 2.24) is 15.0 Å². The Hall–Kier alpha value is -3.97. The van der Waals surface area contributed by atoms with Gasteiger partial charge in [-0.05, 0) is 66.4 Å². The minimum absolute atomic E-state index is 0.330. The summed E-state index contributed by atoms with van der Waals surface area (Å²) >= 11 is 1.73. The van der Waals surface area contributed by atoms with Crippen LogP contribution in [0.25, 0.3) is 22.3 Å². The summed E-state index contributed by atoms with van der Waals surface area (Å²) < 4.78 is 14.5. The van der Waals surface area contributed by atoms with Crippen molar-refractivity contribution in [1.29, 1.82) is 0 Å². The molecule has 0 aliphatic rings. The average molecular weight is 468 g/mol. The lowest BCUT2D eigenvalue weighted by Gasteiger charge is -2.13. The van der Waals surface area contributed by atoms with E-state index in [0.29, 0.717) is 23.8 Å². The molecule has 0 saturated carbocycles. The van der Waals surface area contributed by atoms with Gasteiger partial charge in [0.15, 0.2) is 5.82 Å². The molecule has 2 aromatic heterocycles. The average Bonchev–Trinajstić information content (AvgIpc) is 2.88. The topological polar surface area (TPSA) is 62.7 Å². The Labute approximate surface area is 201 Å². The molecule has 0 spiro atoms. The number of pyridine rings is 1. The molecular weight excluding hydrogens is 445 g/mol. The number of hydrogen-bond acceptors (Lipinski definition) is 6. The van der Waals surface area contributed by atoms with Crippen LogP contribution in [0.3, 0.4) is 0 Å². The molecule has 0 unspecified atom stereocenters. The van der Waals surface area contributed by atoms with E-state index in [9.17, 15) is 4.39 Å². The zero-order chi connectivity index (χ0) is 23.3. The molecule has 0 aliphatic carbocycles. The minimum atomic E-state index is -0.359. The normalized spacial score (nSPS) is 10.9. The lowest BCUT2D eigenvalue weighted by Crippen LogP contribution is -2.02. The maximum atomic E-state index is 14.5. The van der Waals surface area contributed by atoms with Crippen LogP contribution in [0.5, 0.6) is 0 Å². The van der Waals surface area contributed by atoms with Gasteiger partial charge in [-0.25, -0.2) is 14.4 Å². The smallest absolute Gasteiger partial charge is 0.165 e. The monoisotopic (exact) mass is 467 g/mol. The molecule has 5 rings (SSSR count). The summed E-state index contributed by atoms with van der Waals surface area (Å²) in [4.78, 5) is 14.7. The van der Waals surface area contributed by atoms with Crippen molar-refractivity contribution in [2.45, 2.75) is 11.4 Å². The van der Waals surface area contributed by atoms with E-state index in [-0.39, 0.29) is 5.82 Å². The third kappa shape index (κ3) is 4.84. The first-order chi connectivity index (χ1) is 16.7. The highest BCUT2D eigenvalue weighted by atomic mass is 32.2. The van der Waals surface area contributed by atoms with Gasteiger partial charge in [0.05, 0.1) is 11.1 Å². The van der Waals surface area contributed by atoms with Gasteiger partial charge in [0.2, 0.25) is 0 Å². The molecule has 5 aromatic rings. The number of anilines is 3. The number of thioether (sulfide) groups is 1. The standard InChI is InChI=1S/C27H22FN5S/c1-34-21-9-6-18(7-10-21)17-30-20-8-11-25-23(16-20)27(31-19-12-14-29-15-13-19)33-26(32-25)22-4-2-3-5-24(22)28/h2-16,30H,17H2,1H3,(H,29,31,32,33). The first kappa shape index (κ1) is 21.9. The van der Waals surface area contributed by atoms with E-state index in [1.165, 1.54) is 16.5 Å². The number of halogens is 1. The predicted molar refractivity (Wildman–Crippen MR) is 138 cm³/mol. The lowest BCUT2D eigenvalue weighted by molar-refractivity contribution is 0.630. The van der Waals surface area contributed by atoms with E-state index >= 15 is 0 Å². The fraction of sp³-hybridized carbons (Fsp3) is 0.0741. The Bertz CT molecular complexity index is 1420. The van der Waals surface area contributed by atoms with Gasteiger partial charge < -0.3 is 10.6 Å². The largest absolute Gasteiger partial charge is 0.381 e. The van der Waals surface area contributed by atoms with Crippen LogP contribution in [0.15, 0.2) is 96.2 Å². The number of hydrogen-bond donors (Lipinski definition) is 2. The molecule has 3 aromatic carbocycles. The van der Waals surface area contributed by atoms with Crippen molar-refractivity contribution in [3.63, 3.8) is 0 Å². The van der Waals surface area contributed by atoms with Crippen molar-refractivity contribution in [2.24, 2.45) is 0 Å². The second-order valence-corrected chi connectivity index (χ2v) is 8.55. The van der Waals surface area contributed by atoms with Crippen LogP contribution < -0.4 is 10.6 Å². The van der Waals surface area contributed by atoms with Crippen LogP contribution in [0.4, 0.5) is 21.6 Å². The van der Waals surface area contributed by atoms with Crippen molar-refractivity contribution in [3.05, 3.63) is 103 Å². The zero-order valence-electron chi connectivity index (χ0n) is 18.5. The summed E-state index contributed by atoms with van der Waals surface area (Å²) in [6.45, 7) is 0.696. The molecule has 0 fully saturated rings. The van der Waals surface area contributed by atoms with Gasteiger partial charge >= 0.3 is 0 Å². The van der Waals surface area contributed by atoms with Crippen LogP contribution in [0, 0.1) is 5.82 Å². The molecule has 0 saturated heterocycles. The Morgan fingerprint density at radius 3 is 2.41 bits per heavy atom. The Morgan fingerprint density at radius 1 is 0.853 bits per heavy atom. The van der Waals surface area contributed by atoms with E-state index in [2.05, 4.69) is 51.1 Å². The van der Waals surface area contributed by atoms with Crippen molar-refractivity contribution in [2.75, 3.05) is 16.9 Å². The van der Waals surface area contributed by atoms with Gasteiger partial charge in [-0.2, -0.15) is 0 Å². The van der Waals surface area contributed by atoms with E-state index in [1.807, 2.05) is 30.3 Å². The second-order valence-electron chi connectivity index (χ2n) is 7.67. The summed E-state index contributed by atoms with van der Waals surface area (Å²) in [7, 11) is 0. The third-order valence-corrected chi connectivity index (χ3v) is 6.15. The Morgan fingerprint density at radius 2 is 1.65 bits per heavy atom. The van der Waals surface area contributed by atoms with Crippen molar-refractivity contribution >= 4 is 39.9 Å². The molecule has 7 heteroatoms. The maximum Gasteiger partial charge on any atom is 0.165 e. The molecule has 0 radical (unpaired) electrons. The van der Waals surface area contributed by atoms with E-state index in [1.54, 1.807) is 42.4 Å². The molecule has 2 heterocycles. The fourth-order valence-corrected chi connectivity index (χ4v) is 4.02. The quantitative estimate of drug-likeness (QED) is 0.254. The van der Waals surface area contributed by atoms with Gasteiger partial charge in [0, 0.05) is 40.6 Å². The summed E-state index contributed by atoms with van der Waals surface area (Å²) in [5.74, 6) is 0.571. The van der Waals surface area contributed by atoms with Crippen molar-refractivity contribution in [3.8, 4) is 11.4 Å². The summed E-state index contributed by atoms with van der Waals surface area (Å²) in [5.41, 5.74) is 4.06. The van der Waals surface area contributed by atoms with Crippen LogP contribution in [0.1, 0.15) is 5.56 Å². The van der Waals surface area contributed by atoms with Crippen LogP contribution in [-0.2, 0) is 6.54 Å². The van der Waals surface area contributed by atoms with Gasteiger partial charge in [0.1, 0.15) is 11.6 Å². The van der Waals surface area contributed by atoms with Gasteiger partial charge in [-0.3, -0.25) is 4.98 Å². The van der Waals surface area contributed by atoms with Gasteiger partial charge in [-0.15, -0.1) is 11.8 Å². The summed E-state index contributed by atoms with van der Waals surface area (Å²) in [6.07, 6.45) is 5.48. The van der Waals surface area contributed by atoms with E-state index in [4.69, 9.17) is 4.98 Å². The van der Waals surface area contributed by atoms with Crippen molar-refractivity contribution < 1.29 is 4.39 Å². The molecule has 0 aliphatic heterocycles. The molecule has 0 atom stereocenters. The van der Waals surface area contributed by atoms with Crippen LogP contribution >= 0.6 is 11.8 Å². The molecule has 5 nitrogen and oxygen atoms in total. The first-order valence-corrected chi connectivity index (χ1v) is 12.0. The SMILES string of the molecule is CSc1ccc(CNc2ccc3nc(-c4ccccc4F)nc(Nc4ccncc4)c3c2)cc1. The molecule has 168 valence electrons. The molecule has 34 heavy (non-hydrogen) atoms. The minimum Gasteiger partial charge on any atom is -0.381 e. The molecule has 2 N–H and O–H groups in total. The second kappa shape index (κ2) is 9.89. The van der Waals surface area contributed by atoms with E-state index < -0.39 is 0 Å². The molecule has 0 amide bonds. The third-order valence-electron chi connectivity index (χ3n) is 5.41. The predicted octanol–water partition coefficient (Wildman–Crippen LogP) is 6.91. The highest BCUT2D eigenvalue weighted by molar-refractivity contribution is 7.98. The Balaban J connectivity index is 1.51. The number of nitrogens with one attached hydrogen (secondary N) is 2. The number of fused-ring (bicyclic) bond motifs is 1. The number of nitrogens with zero attached hydrogens (tertiary/aromatic N) is 3. The fourth-order valence-electron chi connectivity index (χ4n) is 3.62. The van der Waals surface area contributed by atoms with E-state index in [0.717, 1.165) is 22.3 Å². The van der Waals surface area contributed by atoms with Crippen LogP contribution in [-0.4, -0.2) is 21.2 Å². The van der Waals surface area contributed by atoms with Gasteiger partial charge in [-0.1, -0.05) is 24.3 Å². The number of rotatable bonds is 7.